The summed E-state index contributed by atoms with van der Waals surface area (Å²) in [5.74, 6) is -5.47. The molecule has 12 aliphatic rings. The lowest BCUT2D eigenvalue weighted by Crippen LogP contribution is -2.74. The van der Waals surface area contributed by atoms with Gasteiger partial charge in [0.05, 0.1) is 65.2 Å². The van der Waals surface area contributed by atoms with E-state index < -0.39 is 123 Å². The molecule has 0 radical (unpaired) electrons. The van der Waals surface area contributed by atoms with Crippen LogP contribution in [0.15, 0.2) is 84.1 Å². The van der Waals surface area contributed by atoms with E-state index >= 15 is 0 Å². The smallest absolute Gasteiger partial charge is 0.328 e. The van der Waals surface area contributed by atoms with Crippen molar-refractivity contribution >= 4 is 53.5 Å². The van der Waals surface area contributed by atoms with Gasteiger partial charge in [-0.05, 0) is 153 Å². The van der Waals surface area contributed by atoms with E-state index in [0.29, 0.717) is 79.9 Å². The number of rotatable bonds is 20. The second-order valence-electron chi connectivity index (χ2n) is 31.3. The fourth-order valence-electron chi connectivity index (χ4n) is 19.2. The van der Waals surface area contributed by atoms with Gasteiger partial charge in [-0.15, -0.1) is 0 Å². The third kappa shape index (κ3) is 13.3. The van der Waals surface area contributed by atoms with Crippen LogP contribution in [0.25, 0.3) is 0 Å². The van der Waals surface area contributed by atoms with Crippen LogP contribution in [-0.4, -0.2) is 240 Å². The SMILES string of the molecule is C.CN1CC[C@]23c4c5ccc(O)c4O[C@H]2C(OC(=O)CCNC(=O)/C=C/C(=O)O)=CC[C@@]3(O)[C@H]1C5.CN1CC[C@]23c4c5ccc(O)c4O[C@H]2C(OC(=O)CCNC(=O)[C@@H](O)CC(=O)O)=CC[C@@]3(O)[C@H]1C5.C[C@@H](CC(=O)OC(C)(C)C)C(=O)NCCC(=O)OC1=CC[C@@]2(O)[C@H]3Cc4ccc(O)c5c4[C@@]2(CCN3C)[C@H]1O5. The second kappa shape index (κ2) is 29.3. The van der Waals surface area contributed by atoms with Gasteiger partial charge in [-0.25, -0.2) is 4.79 Å². The third-order valence-electron chi connectivity index (χ3n) is 24.0. The van der Waals surface area contributed by atoms with E-state index in [1.165, 1.54) is 0 Å². The molecule has 3 aromatic carbocycles. The number of phenolic OH excluding ortho intramolecular Hbond substituents is 3. The van der Waals surface area contributed by atoms with Crippen molar-refractivity contribution in [3.8, 4) is 34.5 Å². The molecular weight excluding hydrogens is 1420 g/mol. The van der Waals surface area contributed by atoms with Crippen LogP contribution in [-0.2, 0) is 97.6 Å². The van der Waals surface area contributed by atoms with E-state index in [2.05, 4.69) is 30.7 Å². The maximum absolute atomic E-state index is 12.8. The molecule has 109 heavy (non-hydrogen) atoms. The van der Waals surface area contributed by atoms with Gasteiger partial charge in [-0.1, -0.05) is 32.5 Å². The zero-order valence-electron chi connectivity index (χ0n) is 61.0. The molecule has 3 amide bonds. The van der Waals surface area contributed by atoms with Crippen LogP contribution in [0.2, 0.25) is 0 Å². The van der Waals surface area contributed by atoms with Crippen LogP contribution in [0.5, 0.6) is 34.5 Å². The van der Waals surface area contributed by atoms with Gasteiger partial charge in [-0.2, -0.15) is 0 Å². The van der Waals surface area contributed by atoms with Gasteiger partial charge in [0.25, 0.3) is 0 Å². The van der Waals surface area contributed by atoms with Gasteiger partial charge >= 0.3 is 35.8 Å². The van der Waals surface area contributed by atoms with Crippen LogP contribution in [0.1, 0.15) is 139 Å². The molecule has 6 aliphatic heterocycles. The molecule has 31 heteroatoms. The molecule has 0 saturated carbocycles. The van der Waals surface area contributed by atoms with Crippen LogP contribution in [0.3, 0.4) is 0 Å². The summed E-state index contributed by atoms with van der Waals surface area (Å²) < 4.78 is 41.0. The fraction of sp³-hybridized carbons (Fsp3) is 0.551. The van der Waals surface area contributed by atoms with Crippen molar-refractivity contribution in [2.45, 2.75) is 206 Å². The van der Waals surface area contributed by atoms with Gasteiger partial charge < -0.3 is 110 Å². The summed E-state index contributed by atoms with van der Waals surface area (Å²) in [6.45, 7) is 8.93. The Hall–Kier alpha value is -9.63. The number of carboxylic acid groups (broad SMARTS) is 2. The number of aliphatic hydroxyl groups is 4. The van der Waals surface area contributed by atoms with Crippen molar-refractivity contribution in [1.82, 2.24) is 30.7 Å². The molecule has 12 N–H and O–H groups in total. The second-order valence-corrected chi connectivity index (χ2v) is 31.3. The Kier molecular flexibility index (Phi) is 21.2. The number of nitrogens with one attached hydrogen (secondary N) is 3. The van der Waals surface area contributed by atoms with Gasteiger partial charge in [0.1, 0.15) is 29.0 Å². The Bertz CT molecular complexity index is 4370. The molecule has 3 saturated heterocycles. The number of hydrogen-bond acceptors (Lipinski definition) is 26. The summed E-state index contributed by atoms with van der Waals surface area (Å²) in [5.41, 5.74) is -1.15. The summed E-state index contributed by atoms with van der Waals surface area (Å²) in [6.07, 6.45) is 5.81. The standard InChI is InChI=1S/C29H38N2O8.C24H28N2O9.C24H26N2O8.CH4/c1-16(14-22(34)39-27(2,3)4)26(35)30-12-9-21(33)37-19-8-10-29(36)20-15-17-6-7-18(32)24-23(17)28(29,25(19)38-24)11-13-31(20)5;1-26-9-7-23-19-12-2-3-13(27)20(19)35-21(23)15(4-6-24(23,33)16(26)10-12)34-18(31)5-8-25-22(32)14(28)11-17(29)30;1-26-11-9-23-20-13-2-3-14(27)21(20)34-22(23)15(6-8-24(23,32)16(26)12-13)33-19(31)7-10-25-17(28)4-5-18(29)30;/h6-8,16,20,25,32,36H,9-15H2,1-5H3,(H,30,35);2-4,14,16,21,27-28,33H,5-11H2,1H3,(H,25,32)(H,29,30);2-6,16,22,27,32H,7-12H2,1H3,(H,25,28)(H,29,30);1H4/b;;5-4+;/t16-,20+,25-,28-,29+;14-,16+,21-,23-,24+;16-,22+,23+,24-;/m001./s1. The summed E-state index contributed by atoms with van der Waals surface area (Å²) >= 11 is 0. The minimum atomic E-state index is -1.71. The molecule has 14 atom stereocenters. The molecule has 0 unspecified atom stereocenters. The molecule has 588 valence electrons. The molecule has 3 fully saturated rings. The summed E-state index contributed by atoms with van der Waals surface area (Å²) in [4.78, 5) is 113. The van der Waals surface area contributed by atoms with Crippen LogP contribution < -0.4 is 30.2 Å². The number of benzene rings is 3. The number of carboxylic acids is 2. The number of aromatic hydroxyl groups is 3. The highest BCUT2D eigenvalue weighted by molar-refractivity contribution is 5.94. The fourth-order valence-corrected chi connectivity index (χ4v) is 19.2. The first-order valence-corrected chi connectivity index (χ1v) is 36.4. The van der Waals surface area contributed by atoms with Crippen LogP contribution in [0.4, 0.5) is 0 Å². The normalized spacial score (nSPS) is 30.1. The number of esters is 4. The number of ether oxygens (including phenoxy) is 7. The Morgan fingerprint density at radius 1 is 0.532 bits per heavy atom. The molecule has 31 nitrogen and oxygen atoms in total. The molecule has 6 bridgehead atoms. The monoisotopic (exact) mass is 1520 g/mol. The minimum Gasteiger partial charge on any atom is -0.504 e. The van der Waals surface area contributed by atoms with Gasteiger partial charge in [0.15, 0.2) is 52.8 Å². The lowest BCUT2D eigenvalue weighted by atomic mass is 9.50. The van der Waals surface area contributed by atoms with Crippen molar-refractivity contribution in [1.29, 1.82) is 0 Å². The average Bonchev–Trinajstić information content (AvgIpc) is 1.58. The maximum Gasteiger partial charge on any atom is 0.328 e. The number of carbonyl (C=O) groups excluding carboxylic acids is 7. The van der Waals surface area contributed by atoms with Gasteiger partial charge in [0, 0.05) is 91.8 Å². The highest BCUT2D eigenvalue weighted by Gasteiger charge is 2.75. The van der Waals surface area contributed by atoms with E-state index in [4.69, 9.17) is 43.4 Å². The minimum absolute atomic E-state index is 0. The number of aliphatic carboxylic acids is 2. The lowest BCUT2D eigenvalue weighted by molar-refractivity contribution is -0.169. The van der Waals surface area contributed by atoms with Crippen molar-refractivity contribution in [3.63, 3.8) is 0 Å². The average molecular weight is 1520 g/mol. The molecule has 15 rings (SSSR count). The number of carbonyl (C=O) groups is 9. The highest BCUT2D eigenvalue weighted by Crippen LogP contribution is 2.69. The molecule has 3 aromatic rings. The third-order valence-corrected chi connectivity index (χ3v) is 24.0. The lowest BCUT2D eigenvalue weighted by Gasteiger charge is -2.61. The number of nitrogens with zero attached hydrogens (tertiary/aromatic N) is 3. The number of hydrogen-bond donors (Lipinski definition) is 12. The molecule has 6 heterocycles. The Labute approximate surface area is 628 Å². The number of likely N-dealkylation sites (N-methyl/N-ethyl adjacent to an activating group) is 3. The first kappa shape index (κ1) is 78.9. The molecule has 6 aliphatic carbocycles. The van der Waals surface area contributed by atoms with Crippen LogP contribution >= 0.6 is 0 Å². The Morgan fingerprint density at radius 2 is 0.881 bits per heavy atom. The van der Waals surface area contributed by atoms with E-state index in [-0.39, 0.29) is 119 Å². The summed E-state index contributed by atoms with van der Waals surface area (Å²) in [6, 6.07) is 9.99. The zero-order chi connectivity index (χ0) is 77.7. The zero-order valence-corrected chi connectivity index (χ0v) is 61.0. The molecule has 0 aromatic heterocycles. The number of amides is 3. The Balaban J connectivity index is 0.000000152. The first-order valence-electron chi connectivity index (χ1n) is 36.4. The van der Waals surface area contributed by atoms with E-state index in [9.17, 15) is 78.9 Å². The van der Waals surface area contributed by atoms with Crippen molar-refractivity contribution in [3.05, 3.63) is 117 Å². The van der Waals surface area contributed by atoms with E-state index in [1.54, 1.807) is 64.1 Å². The summed E-state index contributed by atoms with van der Waals surface area (Å²) in [5, 5.41) is 102. The number of phenols is 3. The Morgan fingerprint density at radius 3 is 1.22 bits per heavy atom. The van der Waals surface area contributed by atoms with Crippen LogP contribution in [0, 0.1) is 5.92 Å². The topological polar surface area (TPSA) is 446 Å². The molecular formula is C78H96N6O25. The predicted molar refractivity (Wildman–Crippen MR) is 382 cm³/mol. The molecule has 3 spiro atoms. The number of likely N-dealkylation sites (tertiary alicyclic amines) is 3. The van der Waals surface area contributed by atoms with Crippen molar-refractivity contribution in [2.75, 3.05) is 60.4 Å². The van der Waals surface area contributed by atoms with E-state index in [1.807, 2.05) is 39.3 Å². The van der Waals surface area contributed by atoms with Gasteiger partial charge in [0.2, 0.25) is 17.7 Å². The van der Waals surface area contributed by atoms with Gasteiger partial charge in [-0.3, -0.25) is 38.4 Å². The summed E-state index contributed by atoms with van der Waals surface area (Å²) in [7, 11) is 5.98. The number of aliphatic hydroxyl groups excluding tert-OH is 1. The quantitative estimate of drug-likeness (QED) is 0.0439. The van der Waals surface area contributed by atoms with Crippen molar-refractivity contribution < 1.29 is 122 Å². The first-order chi connectivity index (χ1) is 51.0. The predicted octanol–water partition coefficient (Wildman–Crippen LogP) is 2.64. The van der Waals surface area contributed by atoms with Crippen molar-refractivity contribution in [2.24, 2.45) is 5.92 Å². The largest absolute Gasteiger partial charge is 0.504 e. The highest BCUT2D eigenvalue weighted by atomic mass is 16.6. The maximum atomic E-state index is 12.8. The number of piperidine rings is 3. The van der Waals surface area contributed by atoms with E-state index in [0.717, 1.165) is 52.5 Å².